The number of ether oxygens (including phenoxy) is 1. The van der Waals surface area contributed by atoms with E-state index in [0.29, 0.717) is 0 Å². The zero-order valence-electron chi connectivity index (χ0n) is 8.90. The summed E-state index contributed by atoms with van der Waals surface area (Å²) in [6.45, 7) is 0. The van der Waals surface area contributed by atoms with Gasteiger partial charge in [-0.3, -0.25) is 4.21 Å². The number of hydrogen-bond acceptors (Lipinski definition) is 3. The molecule has 2 atom stereocenters. The molecule has 2 aliphatic heterocycles. The van der Waals surface area contributed by atoms with Crippen molar-refractivity contribution in [3.8, 4) is 0 Å². The van der Waals surface area contributed by atoms with E-state index >= 15 is 0 Å². The molecule has 0 N–H and O–H groups in total. The van der Waals surface area contributed by atoms with Crippen molar-refractivity contribution in [1.29, 1.82) is 0 Å². The van der Waals surface area contributed by atoms with Crippen molar-refractivity contribution in [1.82, 2.24) is 0 Å². The molecule has 0 aromatic carbocycles. The first-order chi connectivity index (χ1) is 7.20. The normalized spacial score (nSPS) is 34.7. The Labute approximate surface area is 92.3 Å². The average Bonchev–Trinajstić information content (AvgIpc) is 2.19. The van der Waals surface area contributed by atoms with Crippen LogP contribution in [-0.2, 0) is 20.3 Å². The van der Waals surface area contributed by atoms with Gasteiger partial charge in [0.25, 0.3) is 0 Å². The highest BCUT2D eigenvalue weighted by atomic mass is 32.2. The highest BCUT2D eigenvalue weighted by Crippen LogP contribution is 2.36. The van der Waals surface area contributed by atoms with Gasteiger partial charge in [0.1, 0.15) is 0 Å². The van der Waals surface area contributed by atoms with Gasteiger partial charge in [-0.25, -0.2) is 4.79 Å². The second-order valence-electron chi connectivity index (χ2n) is 4.24. The first-order valence-corrected chi connectivity index (χ1v) is 6.65. The molecule has 2 bridgehead atoms. The van der Waals surface area contributed by atoms with Gasteiger partial charge in [-0.15, -0.1) is 0 Å². The van der Waals surface area contributed by atoms with Gasteiger partial charge in [-0.1, -0.05) is 12.0 Å². The lowest BCUT2D eigenvalue weighted by Crippen LogP contribution is -2.36. The van der Waals surface area contributed by atoms with Crippen LogP contribution in [0.5, 0.6) is 0 Å². The fraction of sp³-hybridized carbons (Fsp3) is 0.727. The van der Waals surface area contributed by atoms with Crippen molar-refractivity contribution in [3.63, 3.8) is 0 Å². The molecule has 15 heavy (non-hydrogen) atoms. The Morgan fingerprint density at radius 3 is 2.53 bits per heavy atom. The molecular weight excluding hydrogens is 212 g/mol. The molecule has 2 heterocycles. The largest absolute Gasteiger partial charge is 0.466 e. The van der Waals surface area contributed by atoms with Crippen molar-refractivity contribution in [3.05, 3.63) is 11.6 Å². The van der Waals surface area contributed by atoms with Crippen molar-refractivity contribution in [2.45, 2.75) is 42.6 Å². The molecule has 3 nitrogen and oxygen atoms in total. The lowest BCUT2D eigenvalue weighted by Gasteiger charge is -2.34. The molecule has 2 aliphatic rings. The van der Waals surface area contributed by atoms with Crippen LogP contribution in [0.1, 0.15) is 32.1 Å². The predicted molar refractivity (Wildman–Crippen MR) is 58.9 cm³/mol. The van der Waals surface area contributed by atoms with E-state index in [1.165, 1.54) is 13.5 Å². The Balaban J connectivity index is 2.10. The molecule has 2 unspecified atom stereocenters. The van der Waals surface area contributed by atoms with E-state index in [-0.39, 0.29) is 16.5 Å². The van der Waals surface area contributed by atoms with Crippen LogP contribution < -0.4 is 0 Å². The Morgan fingerprint density at radius 2 is 2.00 bits per heavy atom. The Bertz CT molecular complexity index is 304. The zero-order chi connectivity index (χ0) is 10.8. The molecule has 0 radical (unpaired) electrons. The first-order valence-electron chi connectivity index (χ1n) is 5.37. The van der Waals surface area contributed by atoms with Gasteiger partial charge >= 0.3 is 5.97 Å². The minimum absolute atomic E-state index is 0.282. The van der Waals surface area contributed by atoms with Crippen LogP contribution >= 0.6 is 0 Å². The molecule has 2 saturated heterocycles. The second-order valence-corrected chi connectivity index (χ2v) is 6.23. The molecule has 0 spiro atoms. The summed E-state index contributed by atoms with van der Waals surface area (Å²) in [6.07, 6.45) is 6.49. The molecule has 2 rings (SSSR count). The fourth-order valence-corrected chi connectivity index (χ4v) is 4.56. The molecule has 0 amide bonds. The van der Waals surface area contributed by atoms with Gasteiger partial charge in [0.2, 0.25) is 0 Å². The van der Waals surface area contributed by atoms with Gasteiger partial charge in [0.05, 0.1) is 7.11 Å². The molecule has 0 saturated carbocycles. The highest BCUT2D eigenvalue weighted by molar-refractivity contribution is 7.86. The third kappa shape index (κ3) is 2.30. The molecule has 2 fully saturated rings. The van der Waals surface area contributed by atoms with Crippen LogP contribution in [0, 0.1) is 0 Å². The predicted octanol–water partition coefficient (Wildman–Crippen LogP) is 1.55. The molecule has 84 valence electrons. The third-order valence-electron chi connectivity index (χ3n) is 3.21. The van der Waals surface area contributed by atoms with Crippen LogP contribution in [0.2, 0.25) is 0 Å². The van der Waals surface area contributed by atoms with Gasteiger partial charge in [0, 0.05) is 27.4 Å². The molecule has 4 heteroatoms. The van der Waals surface area contributed by atoms with Crippen LogP contribution in [0.25, 0.3) is 0 Å². The molecule has 0 aromatic heterocycles. The fourth-order valence-electron chi connectivity index (χ4n) is 2.46. The summed E-state index contributed by atoms with van der Waals surface area (Å²) in [5.41, 5.74) is 1.12. The summed E-state index contributed by atoms with van der Waals surface area (Å²) in [5.74, 6) is -0.282. The standard InChI is InChI=1S/C11H16O3S/c1-14-11(12)7-8-5-9-3-2-4-10(6-8)15(9)13/h7,9-10H,2-6H2,1H3. The lowest BCUT2D eigenvalue weighted by molar-refractivity contribution is -0.134. The summed E-state index contributed by atoms with van der Waals surface area (Å²) in [6, 6.07) is 0. The van der Waals surface area contributed by atoms with E-state index in [1.54, 1.807) is 6.08 Å². The van der Waals surface area contributed by atoms with Crippen LogP contribution in [0.4, 0.5) is 0 Å². The van der Waals surface area contributed by atoms with Crippen LogP contribution in [0.3, 0.4) is 0 Å². The summed E-state index contributed by atoms with van der Waals surface area (Å²) < 4.78 is 16.5. The van der Waals surface area contributed by atoms with E-state index in [0.717, 1.165) is 31.3 Å². The minimum Gasteiger partial charge on any atom is -0.466 e. The van der Waals surface area contributed by atoms with E-state index in [2.05, 4.69) is 4.74 Å². The van der Waals surface area contributed by atoms with Crippen molar-refractivity contribution < 1.29 is 13.7 Å². The zero-order valence-corrected chi connectivity index (χ0v) is 9.72. The summed E-state index contributed by atoms with van der Waals surface area (Å²) >= 11 is 0. The average molecular weight is 228 g/mol. The van der Waals surface area contributed by atoms with E-state index < -0.39 is 10.8 Å². The smallest absolute Gasteiger partial charge is 0.330 e. The number of hydrogen-bond donors (Lipinski definition) is 0. The second kappa shape index (κ2) is 4.47. The van der Waals surface area contributed by atoms with E-state index in [4.69, 9.17) is 0 Å². The quantitative estimate of drug-likeness (QED) is 0.505. The van der Waals surface area contributed by atoms with Crippen molar-refractivity contribution in [2.75, 3.05) is 7.11 Å². The molecular formula is C11H16O3S. The maximum Gasteiger partial charge on any atom is 0.330 e. The summed E-state index contributed by atoms with van der Waals surface area (Å²) in [7, 11) is 0.724. The van der Waals surface area contributed by atoms with Gasteiger partial charge in [-0.05, 0) is 25.7 Å². The van der Waals surface area contributed by atoms with Gasteiger partial charge in [0.15, 0.2) is 0 Å². The third-order valence-corrected chi connectivity index (χ3v) is 5.33. The Kier molecular flexibility index (Phi) is 3.24. The van der Waals surface area contributed by atoms with Crippen molar-refractivity contribution >= 4 is 16.8 Å². The number of esters is 1. The van der Waals surface area contributed by atoms with Gasteiger partial charge in [-0.2, -0.15) is 0 Å². The summed E-state index contributed by atoms with van der Waals surface area (Å²) in [5, 5.41) is 0.571. The minimum atomic E-state index is -0.666. The summed E-state index contributed by atoms with van der Waals surface area (Å²) in [4.78, 5) is 11.1. The lowest BCUT2D eigenvalue weighted by atomic mass is 9.94. The first kappa shape index (κ1) is 10.9. The number of carbonyl (C=O) groups excluding carboxylic acids is 1. The maximum atomic E-state index is 11.9. The molecule has 0 aliphatic carbocycles. The highest BCUT2D eigenvalue weighted by Gasteiger charge is 2.35. The van der Waals surface area contributed by atoms with E-state index in [1.807, 2.05) is 0 Å². The SMILES string of the molecule is COC(=O)C=C1CC2CCCC(C1)S2=O. The number of methoxy groups -OCH3 is 1. The topological polar surface area (TPSA) is 43.4 Å². The maximum absolute atomic E-state index is 11.9. The van der Waals surface area contributed by atoms with E-state index in [9.17, 15) is 9.00 Å². The van der Waals surface area contributed by atoms with Crippen LogP contribution in [-0.4, -0.2) is 27.8 Å². The number of carbonyl (C=O) groups is 1. The number of allylic oxidation sites excluding steroid dienone is 1. The molecule has 0 aromatic rings. The van der Waals surface area contributed by atoms with Crippen LogP contribution in [0.15, 0.2) is 11.6 Å². The van der Waals surface area contributed by atoms with Crippen molar-refractivity contribution in [2.24, 2.45) is 0 Å². The number of rotatable bonds is 1. The van der Waals surface area contributed by atoms with Gasteiger partial charge < -0.3 is 4.74 Å². The number of fused-ring (bicyclic) bond motifs is 2. The monoisotopic (exact) mass is 228 g/mol. The Morgan fingerprint density at radius 1 is 1.40 bits per heavy atom. The Hall–Kier alpha value is -0.640.